The number of sulfonamides is 1. The van der Waals surface area contributed by atoms with E-state index in [9.17, 15) is 13.2 Å². The van der Waals surface area contributed by atoms with Gasteiger partial charge >= 0.3 is 0 Å². The van der Waals surface area contributed by atoms with Crippen LogP contribution in [0.1, 0.15) is 24.0 Å². The SMILES string of the molecule is O=C1Cc2cc(S(=O)(=O)N(Cc3cccnc3)C3CC3)ccc2N1. The van der Waals surface area contributed by atoms with Crippen molar-refractivity contribution < 1.29 is 13.2 Å². The topological polar surface area (TPSA) is 79.4 Å². The van der Waals surface area contributed by atoms with Crippen LogP contribution in [0.25, 0.3) is 0 Å². The lowest BCUT2D eigenvalue weighted by Gasteiger charge is -2.22. The van der Waals surface area contributed by atoms with Crippen LogP contribution in [0.15, 0.2) is 47.6 Å². The lowest BCUT2D eigenvalue weighted by Crippen LogP contribution is -2.32. The molecule has 1 N–H and O–H groups in total. The third kappa shape index (κ3) is 2.81. The van der Waals surface area contributed by atoms with Crippen LogP contribution < -0.4 is 5.32 Å². The van der Waals surface area contributed by atoms with Crippen molar-refractivity contribution in [1.82, 2.24) is 9.29 Å². The Balaban J connectivity index is 1.67. The van der Waals surface area contributed by atoms with Gasteiger partial charge in [-0.15, -0.1) is 0 Å². The normalized spacial score (nSPS) is 17.0. The lowest BCUT2D eigenvalue weighted by atomic mass is 10.2. The number of nitrogens with one attached hydrogen (secondary N) is 1. The van der Waals surface area contributed by atoms with Crippen LogP contribution in [0.5, 0.6) is 0 Å². The Kier molecular flexibility index (Phi) is 3.62. The summed E-state index contributed by atoms with van der Waals surface area (Å²) in [5, 5.41) is 2.72. The zero-order valence-corrected chi connectivity index (χ0v) is 13.8. The lowest BCUT2D eigenvalue weighted by molar-refractivity contribution is -0.115. The van der Waals surface area contributed by atoms with Crippen molar-refractivity contribution in [2.75, 3.05) is 5.32 Å². The van der Waals surface area contributed by atoms with Crippen molar-refractivity contribution in [2.45, 2.75) is 36.7 Å². The Morgan fingerprint density at radius 1 is 1.25 bits per heavy atom. The molecular formula is C17H17N3O3S. The van der Waals surface area contributed by atoms with E-state index in [1.165, 1.54) is 0 Å². The monoisotopic (exact) mass is 343 g/mol. The Hall–Kier alpha value is -2.25. The first-order chi connectivity index (χ1) is 11.5. The molecule has 7 heteroatoms. The van der Waals surface area contributed by atoms with Crippen molar-refractivity contribution in [3.8, 4) is 0 Å². The van der Waals surface area contributed by atoms with Crippen molar-refractivity contribution in [1.29, 1.82) is 0 Å². The highest BCUT2D eigenvalue weighted by atomic mass is 32.2. The molecule has 2 heterocycles. The zero-order valence-electron chi connectivity index (χ0n) is 13.0. The number of carbonyl (C=O) groups excluding carboxylic acids is 1. The van der Waals surface area contributed by atoms with E-state index in [1.807, 2.05) is 6.07 Å². The molecule has 0 bridgehead atoms. The number of aromatic nitrogens is 1. The molecule has 0 atom stereocenters. The highest BCUT2D eigenvalue weighted by molar-refractivity contribution is 7.89. The summed E-state index contributed by atoms with van der Waals surface area (Å²) in [7, 11) is -3.61. The Bertz CT molecular complexity index is 893. The molecule has 24 heavy (non-hydrogen) atoms. The van der Waals surface area contributed by atoms with Gasteiger partial charge in [-0.05, 0) is 48.2 Å². The third-order valence-corrected chi connectivity index (χ3v) is 6.22. The van der Waals surface area contributed by atoms with Gasteiger partial charge in [0, 0.05) is 30.7 Å². The van der Waals surface area contributed by atoms with Gasteiger partial charge in [0.15, 0.2) is 0 Å². The quantitative estimate of drug-likeness (QED) is 0.900. The molecule has 2 aromatic rings. The van der Waals surface area contributed by atoms with Crippen LogP contribution in [0, 0.1) is 0 Å². The summed E-state index contributed by atoms with van der Waals surface area (Å²) in [6, 6.07) is 8.58. The third-order valence-electron chi connectivity index (χ3n) is 4.32. The molecule has 0 unspecified atom stereocenters. The van der Waals surface area contributed by atoms with E-state index in [2.05, 4.69) is 10.3 Å². The van der Waals surface area contributed by atoms with Gasteiger partial charge in [-0.3, -0.25) is 9.78 Å². The summed E-state index contributed by atoms with van der Waals surface area (Å²) in [6.07, 6.45) is 5.35. The molecule has 1 aliphatic heterocycles. The van der Waals surface area contributed by atoms with E-state index in [0.717, 1.165) is 24.0 Å². The van der Waals surface area contributed by atoms with E-state index >= 15 is 0 Å². The smallest absolute Gasteiger partial charge is 0.243 e. The van der Waals surface area contributed by atoms with Crippen molar-refractivity contribution >= 4 is 21.6 Å². The minimum Gasteiger partial charge on any atom is -0.326 e. The number of fused-ring (bicyclic) bond motifs is 1. The van der Waals surface area contributed by atoms with Gasteiger partial charge in [-0.25, -0.2) is 8.42 Å². The summed E-state index contributed by atoms with van der Waals surface area (Å²) < 4.78 is 27.8. The van der Waals surface area contributed by atoms with E-state index in [1.54, 1.807) is 41.0 Å². The number of carbonyl (C=O) groups is 1. The predicted octanol–water partition coefficient (Wildman–Crippen LogP) is 1.93. The van der Waals surface area contributed by atoms with E-state index < -0.39 is 10.0 Å². The Labute approximate surface area is 140 Å². The van der Waals surface area contributed by atoms with Gasteiger partial charge < -0.3 is 5.32 Å². The van der Waals surface area contributed by atoms with Gasteiger partial charge in [0.25, 0.3) is 0 Å². The fourth-order valence-electron chi connectivity index (χ4n) is 2.95. The van der Waals surface area contributed by atoms with Crippen LogP contribution in [0.4, 0.5) is 5.69 Å². The van der Waals surface area contributed by atoms with Crippen LogP contribution in [0.3, 0.4) is 0 Å². The molecule has 2 aliphatic rings. The number of hydrogen-bond donors (Lipinski definition) is 1. The first kappa shape index (κ1) is 15.3. The number of anilines is 1. The van der Waals surface area contributed by atoms with E-state index in [-0.39, 0.29) is 23.3 Å². The first-order valence-corrected chi connectivity index (χ1v) is 9.31. The number of rotatable bonds is 5. The maximum absolute atomic E-state index is 13.1. The van der Waals surface area contributed by atoms with Crippen LogP contribution >= 0.6 is 0 Å². The van der Waals surface area contributed by atoms with Gasteiger partial charge in [0.1, 0.15) is 0 Å². The first-order valence-electron chi connectivity index (χ1n) is 7.87. The second kappa shape index (κ2) is 5.68. The molecule has 0 saturated heterocycles. The minimum absolute atomic E-state index is 0.0446. The Morgan fingerprint density at radius 2 is 2.08 bits per heavy atom. The number of nitrogens with zero attached hydrogens (tertiary/aromatic N) is 2. The molecule has 1 saturated carbocycles. The van der Waals surface area contributed by atoms with Gasteiger partial charge in [0.2, 0.25) is 15.9 Å². The second-order valence-electron chi connectivity index (χ2n) is 6.19. The maximum atomic E-state index is 13.1. The molecule has 1 aliphatic carbocycles. The summed E-state index contributed by atoms with van der Waals surface area (Å²) in [6.45, 7) is 0.315. The average Bonchev–Trinajstić information content (AvgIpc) is 3.33. The number of hydrogen-bond acceptors (Lipinski definition) is 4. The molecule has 1 aromatic carbocycles. The second-order valence-corrected chi connectivity index (χ2v) is 8.08. The highest BCUT2D eigenvalue weighted by Gasteiger charge is 2.38. The molecule has 0 radical (unpaired) electrons. The minimum atomic E-state index is -3.61. The molecule has 1 aromatic heterocycles. The van der Waals surface area contributed by atoms with Crippen molar-refractivity contribution in [3.05, 3.63) is 53.9 Å². The van der Waals surface area contributed by atoms with Crippen molar-refractivity contribution in [3.63, 3.8) is 0 Å². The predicted molar refractivity (Wildman–Crippen MR) is 88.8 cm³/mol. The number of benzene rings is 1. The van der Waals surface area contributed by atoms with E-state index in [4.69, 9.17) is 0 Å². The summed E-state index contributed by atoms with van der Waals surface area (Å²) in [5.41, 5.74) is 2.30. The van der Waals surface area contributed by atoms with E-state index in [0.29, 0.717) is 12.2 Å². The number of amides is 1. The number of pyridine rings is 1. The maximum Gasteiger partial charge on any atom is 0.243 e. The molecule has 124 valence electrons. The molecule has 6 nitrogen and oxygen atoms in total. The fraction of sp³-hybridized carbons (Fsp3) is 0.294. The summed E-state index contributed by atoms with van der Waals surface area (Å²) >= 11 is 0. The van der Waals surface area contributed by atoms with Crippen LogP contribution in [0.2, 0.25) is 0 Å². The van der Waals surface area contributed by atoms with Crippen molar-refractivity contribution in [2.24, 2.45) is 0 Å². The molecule has 0 spiro atoms. The molecule has 1 fully saturated rings. The van der Waals surface area contributed by atoms with Crippen LogP contribution in [-0.4, -0.2) is 29.7 Å². The van der Waals surface area contributed by atoms with Gasteiger partial charge in [0.05, 0.1) is 11.3 Å². The highest BCUT2D eigenvalue weighted by Crippen LogP contribution is 2.35. The summed E-state index contributed by atoms with van der Waals surface area (Å²) in [5.74, 6) is -0.103. The average molecular weight is 343 g/mol. The zero-order chi connectivity index (χ0) is 16.7. The van der Waals surface area contributed by atoms with Gasteiger partial charge in [-0.2, -0.15) is 4.31 Å². The van der Waals surface area contributed by atoms with Crippen LogP contribution in [-0.2, 0) is 27.8 Å². The largest absolute Gasteiger partial charge is 0.326 e. The molecule has 4 rings (SSSR count). The fourth-order valence-corrected chi connectivity index (χ4v) is 4.67. The standard InChI is InChI=1S/C17H17N3O3S/c21-17-9-13-8-15(5-6-16(13)19-17)24(22,23)20(14-3-4-14)11-12-2-1-7-18-10-12/h1-2,5-8,10,14H,3-4,9,11H2,(H,19,21). The van der Waals surface area contributed by atoms with Gasteiger partial charge in [-0.1, -0.05) is 6.07 Å². The molecule has 1 amide bonds. The Morgan fingerprint density at radius 3 is 2.79 bits per heavy atom. The molecular weight excluding hydrogens is 326 g/mol. The summed E-state index contributed by atoms with van der Waals surface area (Å²) in [4.78, 5) is 15.8.